The third-order valence-electron chi connectivity index (χ3n) is 4.34. The summed E-state index contributed by atoms with van der Waals surface area (Å²) in [5.74, 6) is 0.469. The van der Waals surface area contributed by atoms with Crippen molar-refractivity contribution in [2.75, 3.05) is 11.9 Å². The number of para-hydroxylation sites is 1. The number of hydrogen-bond donors (Lipinski definition) is 2. The lowest BCUT2D eigenvalue weighted by atomic mass is 9.98. The summed E-state index contributed by atoms with van der Waals surface area (Å²) in [5.41, 5.74) is 1.88. The fraction of sp³-hybridized carbons (Fsp3) is 0.364. The van der Waals surface area contributed by atoms with Crippen molar-refractivity contribution in [1.29, 1.82) is 0 Å². The van der Waals surface area contributed by atoms with Crippen molar-refractivity contribution < 1.29 is 14.3 Å². The Morgan fingerprint density at radius 1 is 1.11 bits per heavy atom. The molecule has 2 amide bonds. The van der Waals surface area contributed by atoms with E-state index in [1.54, 1.807) is 18.2 Å². The molecule has 0 saturated heterocycles. The van der Waals surface area contributed by atoms with Crippen LogP contribution in [-0.4, -0.2) is 24.5 Å². The number of nitrogens with one attached hydrogen (secondary N) is 2. The number of carbonyl (C=O) groups is 2. The summed E-state index contributed by atoms with van der Waals surface area (Å²) in [6, 6.07) is 12.5. The molecule has 0 aliphatic heterocycles. The number of halogens is 1. The predicted octanol–water partition coefficient (Wildman–Crippen LogP) is 5.01. The Morgan fingerprint density at radius 3 is 2.50 bits per heavy atom. The Kier molecular flexibility index (Phi) is 7.88. The van der Waals surface area contributed by atoms with Gasteiger partial charge < -0.3 is 15.4 Å². The number of benzene rings is 2. The summed E-state index contributed by atoms with van der Waals surface area (Å²) in [4.78, 5) is 24.5. The van der Waals surface area contributed by atoms with Crippen LogP contribution in [0.15, 0.2) is 42.5 Å². The van der Waals surface area contributed by atoms with Crippen molar-refractivity contribution in [2.45, 2.75) is 46.1 Å². The normalized spacial score (nSPS) is 11.8. The number of ether oxygens (including phenoxy) is 1. The average molecular weight is 403 g/mol. The van der Waals surface area contributed by atoms with Crippen LogP contribution in [0.5, 0.6) is 5.75 Å². The number of carbonyl (C=O) groups excluding carboxylic acids is 2. The number of hydrogen-bond acceptors (Lipinski definition) is 3. The van der Waals surface area contributed by atoms with Crippen molar-refractivity contribution >= 4 is 29.1 Å². The van der Waals surface area contributed by atoms with Crippen molar-refractivity contribution in [1.82, 2.24) is 5.32 Å². The SMILES string of the molecule is CCC(C)c1ccccc1OCC(=O)Nc1cc(C(=O)NC(C)C)ccc1Cl. The van der Waals surface area contributed by atoms with Crippen LogP contribution in [0.2, 0.25) is 5.02 Å². The van der Waals surface area contributed by atoms with Crippen LogP contribution in [0.25, 0.3) is 0 Å². The zero-order valence-electron chi connectivity index (χ0n) is 16.7. The standard InChI is InChI=1S/C22H27ClN2O3/c1-5-15(4)17-8-6-7-9-20(17)28-13-21(26)25-19-12-16(10-11-18(19)23)22(27)24-14(2)3/h6-12,14-15H,5,13H2,1-4H3,(H,24,27)(H,25,26). The summed E-state index contributed by atoms with van der Waals surface area (Å²) in [6.45, 7) is 7.84. The van der Waals surface area contributed by atoms with Gasteiger partial charge in [-0.05, 0) is 56.0 Å². The predicted molar refractivity (Wildman–Crippen MR) is 113 cm³/mol. The molecule has 1 unspecified atom stereocenters. The van der Waals surface area contributed by atoms with Crippen LogP contribution in [0.4, 0.5) is 5.69 Å². The van der Waals surface area contributed by atoms with E-state index in [1.165, 1.54) is 0 Å². The fourth-order valence-electron chi connectivity index (χ4n) is 2.68. The van der Waals surface area contributed by atoms with Gasteiger partial charge in [0.1, 0.15) is 5.75 Å². The Balaban J connectivity index is 2.05. The van der Waals surface area contributed by atoms with Crippen molar-refractivity contribution in [2.24, 2.45) is 0 Å². The Morgan fingerprint density at radius 2 is 1.82 bits per heavy atom. The molecule has 2 aromatic rings. The first-order chi connectivity index (χ1) is 13.3. The summed E-state index contributed by atoms with van der Waals surface area (Å²) < 4.78 is 5.73. The molecule has 0 saturated carbocycles. The Bertz CT molecular complexity index is 836. The molecule has 0 radical (unpaired) electrons. The van der Waals surface area contributed by atoms with E-state index in [9.17, 15) is 9.59 Å². The van der Waals surface area contributed by atoms with E-state index in [2.05, 4.69) is 24.5 Å². The van der Waals surface area contributed by atoms with Gasteiger partial charge in [0.2, 0.25) is 0 Å². The van der Waals surface area contributed by atoms with Gasteiger partial charge in [-0.1, -0.05) is 43.6 Å². The third-order valence-corrected chi connectivity index (χ3v) is 4.67. The first kappa shape index (κ1) is 21.8. The van der Waals surface area contributed by atoms with Crippen molar-refractivity contribution in [3.05, 3.63) is 58.6 Å². The molecular formula is C22H27ClN2O3. The van der Waals surface area contributed by atoms with E-state index in [4.69, 9.17) is 16.3 Å². The maximum atomic E-state index is 12.4. The highest BCUT2D eigenvalue weighted by Gasteiger charge is 2.14. The molecule has 6 heteroatoms. The van der Waals surface area contributed by atoms with Gasteiger partial charge in [0.05, 0.1) is 10.7 Å². The van der Waals surface area contributed by atoms with Gasteiger partial charge >= 0.3 is 0 Å². The lowest BCUT2D eigenvalue weighted by Gasteiger charge is -2.16. The molecule has 0 aliphatic carbocycles. The zero-order valence-corrected chi connectivity index (χ0v) is 17.5. The van der Waals surface area contributed by atoms with Crippen LogP contribution >= 0.6 is 11.6 Å². The maximum Gasteiger partial charge on any atom is 0.262 e. The fourth-order valence-corrected chi connectivity index (χ4v) is 2.84. The van der Waals surface area contributed by atoms with E-state index < -0.39 is 0 Å². The summed E-state index contributed by atoms with van der Waals surface area (Å²) in [7, 11) is 0. The van der Waals surface area contributed by atoms with Crippen LogP contribution in [0.1, 0.15) is 56.0 Å². The molecule has 150 valence electrons. The first-order valence-electron chi connectivity index (χ1n) is 9.43. The molecule has 2 aromatic carbocycles. The van der Waals surface area contributed by atoms with Crippen LogP contribution in [0.3, 0.4) is 0 Å². The maximum absolute atomic E-state index is 12.4. The van der Waals surface area contributed by atoms with Gasteiger partial charge in [-0.3, -0.25) is 9.59 Å². The smallest absolute Gasteiger partial charge is 0.262 e. The minimum absolute atomic E-state index is 0.0141. The molecule has 0 spiro atoms. The minimum atomic E-state index is -0.345. The number of amides is 2. The van der Waals surface area contributed by atoms with E-state index in [0.29, 0.717) is 27.9 Å². The number of anilines is 1. The van der Waals surface area contributed by atoms with E-state index in [1.807, 2.05) is 38.1 Å². The van der Waals surface area contributed by atoms with Crippen molar-refractivity contribution in [3.8, 4) is 5.75 Å². The second-order valence-electron chi connectivity index (χ2n) is 7.01. The highest BCUT2D eigenvalue weighted by molar-refractivity contribution is 6.33. The largest absolute Gasteiger partial charge is 0.483 e. The average Bonchev–Trinajstić information content (AvgIpc) is 2.67. The van der Waals surface area contributed by atoms with Gasteiger partial charge in [-0.25, -0.2) is 0 Å². The van der Waals surface area contributed by atoms with Crippen LogP contribution < -0.4 is 15.4 Å². The van der Waals surface area contributed by atoms with E-state index in [0.717, 1.165) is 12.0 Å². The topological polar surface area (TPSA) is 67.4 Å². The molecule has 0 fully saturated rings. The third kappa shape index (κ3) is 5.99. The van der Waals surface area contributed by atoms with E-state index >= 15 is 0 Å². The molecular weight excluding hydrogens is 376 g/mol. The molecule has 2 rings (SSSR count). The van der Waals surface area contributed by atoms with Gasteiger partial charge in [-0.15, -0.1) is 0 Å². The molecule has 0 bridgehead atoms. The van der Waals surface area contributed by atoms with Crippen LogP contribution in [-0.2, 0) is 4.79 Å². The summed E-state index contributed by atoms with van der Waals surface area (Å²) >= 11 is 6.17. The quantitative estimate of drug-likeness (QED) is 0.652. The Hall–Kier alpha value is -2.53. The monoisotopic (exact) mass is 402 g/mol. The van der Waals surface area contributed by atoms with Gasteiger partial charge in [0.25, 0.3) is 11.8 Å². The lowest BCUT2D eigenvalue weighted by molar-refractivity contribution is -0.118. The second kappa shape index (κ2) is 10.1. The molecule has 0 aromatic heterocycles. The van der Waals surface area contributed by atoms with Crippen molar-refractivity contribution in [3.63, 3.8) is 0 Å². The molecule has 5 nitrogen and oxygen atoms in total. The highest BCUT2D eigenvalue weighted by Crippen LogP contribution is 2.28. The molecule has 2 N–H and O–H groups in total. The summed E-state index contributed by atoms with van der Waals surface area (Å²) in [5, 5.41) is 5.88. The Labute approximate surface area is 171 Å². The minimum Gasteiger partial charge on any atom is -0.483 e. The first-order valence-corrected chi connectivity index (χ1v) is 9.81. The molecule has 1 atom stereocenters. The summed E-state index contributed by atoms with van der Waals surface area (Å²) in [6.07, 6.45) is 0.980. The van der Waals surface area contributed by atoms with E-state index in [-0.39, 0.29) is 24.5 Å². The zero-order chi connectivity index (χ0) is 20.7. The molecule has 0 heterocycles. The van der Waals surface area contributed by atoms with Crippen LogP contribution in [0, 0.1) is 0 Å². The van der Waals surface area contributed by atoms with Gasteiger partial charge in [0.15, 0.2) is 6.61 Å². The van der Waals surface area contributed by atoms with Gasteiger partial charge in [-0.2, -0.15) is 0 Å². The highest BCUT2D eigenvalue weighted by atomic mass is 35.5. The lowest BCUT2D eigenvalue weighted by Crippen LogP contribution is -2.30. The molecule has 0 aliphatic rings. The molecule has 28 heavy (non-hydrogen) atoms. The second-order valence-corrected chi connectivity index (χ2v) is 7.41. The van der Waals surface area contributed by atoms with Gasteiger partial charge in [0, 0.05) is 11.6 Å². The number of rotatable bonds is 8.